The van der Waals surface area contributed by atoms with Crippen LogP contribution in [0.15, 0.2) is 53.5 Å². The van der Waals surface area contributed by atoms with Crippen LogP contribution >= 0.6 is 11.3 Å². The van der Waals surface area contributed by atoms with Crippen LogP contribution in [-0.2, 0) is 11.0 Å². The molecule has 4 rings (SSSR count). The van der Waals surface area contributed by atoms with Gasteiger partial charge in [-0.15, -0.1) is 11.3 Å². The van der Waals surface area contributed by atoms with Gasteiger partial charge < -0.3 is 4.90 Å². The van der Waals surface area contributed by atoms with Crippen LogP contribution in [0.2, 0.25) is 0 Å². The maximum Gasteiger partial charge on any atom is 0.416 e. The lowest BCUT2D eigenvalue weighted by atomic mass is 10.0. The summed E-state index contributed by atoms with van der Waals surface area (Å²) in [6.45, 7) is -0.0994. The fraction of sp³-hybridized carbons (Fsp3) is 0.158. The highest BCUT2D eigenvalue weighted by atomic mass is 32.1. The molecule has 0 saturated heterocycles. The molecular weight excluding hydrogens is 361 g/mol. The Labute approximate surface area is 151 Å². The molecule has 3 nitrogen and oxygen atoms in total. The molecule has 0 radical (unpaired) electrons. The number of aliphatic imine (C=N–C) groups is 1. The van der Waals surface area contributed by atoms with Crippen LogP contribution in [0, 0.1) is 0 Å². The number of hydrogen-bond donors (Lipinski definition) is 0. The summed E-state index contributed by atoms with van der Waals surface area (Å²) in [6.07, 6.45) is -4.43. The largest absolute Gasteiger partial charge is 0.416 e. The number of benzene rings is 2. The van der Waals surface area contributed by atoms with Crippen molar-refractivity contribution in [3.8, 4) is 0 Å². The van der Waals surface area contributed by atoms with Gasteiger partial charge in [0.1, 0.15) is 6.54 Å². The predicted molar refractivity (Wildman–Crippen MR) is 97.2 cm³/mol. The standard InChI is InChI=1S/C19H13F3N2OS/c1-24-15(25)10-23-16(11-5-4-6-12(9-11)19(20,21)22)18-17(24)13-7-2-3-8-14(13)26-18/h2-9H,10H2,1H3. The minimum absolute atomic E-state index is 0.0994. The summed E-state index contributed by atoms with van der Waals surface area (Å²) in [5, 5.41) is 0.893. The Hall–Kier alpha value is -2.67. The van der Waals surface area contributed by atoms with Crippen molar-refractivity contribution in [3.05, 3.63) is 64.5 Å². The van der Waals surface area contributed by atoms with Gasteiger partial charge in [0, 0.05) is 22.7 Å². The van der Waals surface area contributed by atoms with E-state index in [0.29, 0.717) is 21.8 Å². The lowest BCUT2D eigenvalue weighted by Gasteiger charge is -2.15. The lowest BCUT2D eigenvalue weighted by Crippen LogP contribution is -2.27. The molecule has 132 valence electrons. The number of anilines is 1. The molecule has 2 heterocycles. The van der Waals surface area contributed by atoms with Gasteiger partial charge in [-0.2, -0.15) is 13.2 Å². The summed E-state index contributed by atoms with van der Waals surface area (Å²) < 4.78 is 40.3. The quantitative estimate of drug-likeness (QED) is 0.606. The molecule has 0 atom stereocenters. The van der Waals surface area contributed by atoms with Crippen LogP contribution in [-0.4, -0.2) is 25.2 Å². The normalized spacial score (nSPS) is 15.0. The number of carbonyl (C=O) groups excluding carboxylic acids is 1. The van der Waals surface area contributed by atoms with Gasteiger partial charge >= 0.3 is 6.18 Å². The van der Waals surface area contributed by atoms with Gasteiger partial charge in [0.25, 0.3) is 0 Å². The van der Waals surface area contributed by atoms with Crippen molar-refractivity contribution in [2.75, 3.05) is 18.5 Å². The van der Waals surface area contributed by atoms with E-state index >= 15 is 0 Å². The first kappa shape index (κ1) is 16.8. The molecule has 1 aliphatic heterocycles. The van der Waals surface area contributed by atoms with E-state index < -0.39 is 11.7 Å². The van der Waals surface area contributed by atoms with Gasteiger partial charge in [-0.25, -0.2) is 0 Å². The van der Waals surface area contributed by atoms with Crippen molar-refractivity contribution in [1.82, 2.24) is 0 Å². The second kappa shape index (κ2) is 5.95. The average molecular weight is 374 g/mol. The summed E-state index contributed by atoms with van der Waals surface area (Å²) in [4.78, 5) is 19.0. The van der Waals surface area contributed by atoms with E-state index in [4.69, 9.17) is 0 Å². The zero-order valence-corrected chi connectivity index (χ0v) is 14.5. The van der Waals surface area contributed by atoms with Crippen LogP contribution < -0.4 is 4.90 Å². The van der Waals surface area contributed by atoms with Crippen molar-refractivity contribution in [3.63, 3.8) is 0 Å². The van der Waals surface area contributed by atoms with E-state index in [9.17, 15) is 18.0 Å². The Morgan fingerprint density at radius 1 is 1.12 bits per heavy atom. The fourth-order valence-corrected chi connectivity index (χ4v) is 4.30. The molecule has 1 aliphatic rings. The molecular formula is C19H13F3N2OS. The molecule has 0 fully saturated rings. The molecule has 7 heteroatoms. The Kier molecular flexibility index (Phi) is 3.84. The van der Waals surface area contributed by atoms with E-state index in [-0.39, 0.29) is 12.5 Å². The van der Waals surface area contributed by atoms with Gasteiger partial charge in [-0.1, -0.05) is 30.3 Å². The first-order valence-electron chi connectivity index (χ1n) is 7.87. The number of halogens is 3. The molecule has 1 amide bonds. The van der Waals surface area contributed by atoms with Crippen LogP contribution in [0.4, 0.5) is 18.9 Å². The summed E-state index contributed by atoms with van der Waals surface area (Å²) in [5.41, 5.74) is 0.745. The molecule has 26 heavy (non-hydrogen) atoms. The minimum Gasteiger partial charge on any atom is -0.312 e. The Bertz CT molecular complexity index is 1050. The van der Waals surface area contributed by atoms with Crippen LogP contribution in [0.3, 0.4) is 0 Å². The smallest absolute Gasteiger partial charge is 0.312 e. The van der Waals surface area contributed by atoms with Gasteiger partial charge in [-0.05, 0) is 18.2 Å². The van der Waals surface area contributed by atoms with Crippen LogP contribution in [0.5, 0.6) is 0 Å². The van der Waals surface area contributed by atoms with E-state index in [1.807, 2.05) is 24.3 Å². The van der Waals surface area contributed by atoms with E-state index in [1.54, 1.807) is 13.1 Å². The van der Waals surface area contributed by atoms with Gasteiger partial charge in [0.2, 0.25) is 5.91 Å². The molecule has 0 N–H and O–H groups in total. The van der Waals surface area contributed by atoms with Crippen molar-refractivity contribution < 1.29 is 18.0 Å². The number of hydrogen-bond acceptors (Lipinski definition) is 3. The average Bonchev–Trinajstić information content (AvgIpc) is 2.94. The maximum absolute atomic E-state index is 13.1. The van der Waals surface area contributed by atoms with E-state index in [2.05, 4.69) is 4.99 Å². The number of rotatable bonds is 1. The summed E-state index contributed by atoms with van der Waals surface area (Å²) in [7, 11) is 1.67. The molecule has 0 spiro atoms. The maximum atomic E-state index is 13.1. The Balaban J connectivity index is 1.96. The number of amides is 1. The monoisotopic (exact) mass is 374 g/mol. The molecule has 2 aromatic carbocycles. The summed E-state index contributed by atoms with van der Waals surface area (Å²) in [5.74, 6) is -0.197. The molecule has 0 saturated carbocycles. The lowest BCUT2D eigenvalue weighted by molar-refractivity contribution is -0.137. The summed E-state index contributed by atoms with van der Waals surface area (Å²) >= 11 is 1.43. The fourth-order valence-electron chi connectivity index (χ4n) is 3.04. The van der Waals surface area contributed by atoms with Crippen LogP contribution in [0.1, 0.15) is 16.0 Å². The number of likely N-dealkylation sites (N-methyl/N-ethyl adjacent to an activating group) is 1. The Morgan fingerprint density at radius 3 is 2.65 bits per heavy atom. The molecule has 0 aliphatic carbocycles. The van der Waals surface area contributed by atoms with Crippen molar-refractivity contribution in [2.24, 2.45) is 4.99 Å². The van der Waals surface area contributed by atoms with E-state index in [0.717, 1.165) is 22.2 Å². The predicted octanol–water partition coefficient (Wildman–Crippen LogP) is 4.73. The second-order valence-corrected chi connectivity index (χ2v) is 7.02. The number of alkyl halides is 3. The number of fused-ring (bicyclic) bond motifs is 3. The second-order valence-electron chi connectivity index (χ2n) is 5.97. The third kappa shape index (κ3) is 2.68. The topological polar surface area (TPSA) is 32.7 Å². The van der Waals surface area contributed by atoms with Crippen molar-refractivity contribution >= 4 is 38.7 Å². The third-order valence-corrected chi connectivity index (χ3v) is 5.50. The van der Waals surface area contributed by atoms with Crippen molar-refractivity contribution in [1.29, 1.82) is 0 Å². The number of thiophene rings is 1. The molecule has 0 bridgehead atoms. The third-order valence-electron chi connectivity index (χ3n) is 4.33. The molecule has 1 aromatic heterocycles. The Morgan fingerprint density at radius 2 is 1.88 bits per heavy atom. The van der Waals surface area contributed by atoms with E-state index in [1.165, 1.54) is 22.3 Å². The highest BCUT2D eigenvalue weighted by molar-refractivity contribution is 7.22. The molecule has 3 aromatic rings. The van der Waals surface area contributed by atoms with Gasteiger partial charge in [0.05, 0.1) is 21.8 Å². The first-order valence-corrected chi connectivity index (χ1v) is 8.68. The minimum atomic E-state index is -4.43. The highest BCUT2D eigenvalue weighted by Gasteiger charge is 2.32. The zero-order chi connectivity index (χ0) is 18.5. The SMILES string of the molecule is CN1C(=O)CN=C(c2cccc(C(F)(F)F)c2)c2sc3ccccc3c21. The molecule has 0 unspecified atom stereocenters. The van der Waals surface area contributed by atoms with Gasteiger partial charge in [-0.3, -0.25) is 9.79 Å². The zero-order valence-electron chi connectivity index (χ0n) is 13.7. The van der Waals surface area contributed by atoms with Crippen molar-refractivity contribution in [2.45, 2.75) is 6.18 Å². The number of nitrogens with zero attached hydrogens (tertiary/aromatic N) is 2. The first-order chi connectivity index (χ1) is 12.4. The number of carbonyl (C=O) groups is 1. The van der Waals surface area contributed by atoms with Gasteiger partial charge in [0.15, 0.2) is 0 Å². The highest BCUT2D eigenvalue weighted by Crippen LogP contribution is 2.41. The van der Waals surface area contributed by atoms with Crippen LogP contribution in [0.25, 0.3) is 10.1 Å². The summed E-state index contributed by atoms with van der Waals surface area (Å²) in [6, 6.07) is 12.7.